The van der Waals surface area contributed by atoms with E-state index in [1.165, 1.54) is 17.1 Å². The minimum atomic E-state index is -3.55. The van der Waals surface area contributed by atoms with E-state index in [-0.39, 0.29) is 29.3 Å². The van der Waals surface area contributed by atoms with Crippen LogP contribution in [-0.4, -0.2) is 37.8 Å². The summed E-state index contributed by atoms with van der Waals surface area (Å²) in [4.78, 5) is 12.7. The summed E-state index contributed by atoms with van der Waals surface area (Å²) < 4.78 is 27.8. The Labute approximate surface area is 152 Å². The van der Waals surface area contributed by atoms with Gasteiger partial charge in [0.1, 0.15) is 0 Å². The Morgan fingerprint density at radius 1 is 1.17 bits per heavy atom. The molecule has 3 rings (SSSR count). The van der Waals surface area contributed by atoms with Gasteiger partial charge in [-0.1, -0.05) is 34.8 Å². The molecule has 1 aromatic rings. The van der Waals surface area contributed by atoms with Crippen molar-refractivity contribution in [2.24, 2.45) is 5.92 Å². The number of rotatable bonds is 4. The van der Waals surface area contributed by atoms with Gasteiger partial charge in [-0.3, -0.25) is 4.79 Å². The summed E-state index contributed by atoms with van der Waals surface area (Å²) in [5.41, 5.74) is 0. The highest BCUT2D eigenvalue weighted by atomic mass is 79.9. The number of amides is 1. The molecule has 1 unspecified atom stereocenters. The average molecular weight is 415 g/mol. The quantitative estimate of drug-likeness (QED) is 0.823. The smallest absolute Gasteiger partial charge is 0.243 e. The topological polar surface area (TPSA) is 66.5 Å². The van der Waals surface area contributed by atoms with Gasteiger partial charge < -0.3 is 5.32 Å². The second-order valence-electron chi connectivity index (χ2n) is 6.65. The van der Waals surface area contributed by atoms with Gasteiger partial charge in [0.05, 0.1) is 10.8 Å². The Balaban J connectivity index is 1.69. The first-order chi connectivity index (χ1) is 11.5. The minimum Gasteiger partial charge on any atom is -0.353 e. The van der Waals surface area contributed by atoms with Crippen molar-refractivity contribution in [3.05, 3.63) is 28.7 Å². The van der Waals surface area contributed by atoms with Crippen LogP contribution < -0.4 is 5.32 Å². The number of hydrogen-bond acceptors (Lipinski definition) is 3. The first-order valence-corrected chi connectivity index (χ1v) is 10.8. The summed E-state index contributed by atoms with van der Waals surface area (Å²) in [5.74, 6) is -0.239. The number of sulfonamides is 1. The van der Waals surface area contributed by atoms with Crippen molar-refractivity contribution in [1.29, 1.82) is 0 Å². The lowest BCUT2D eigenvalue weighted by Crippen LogP contribution is -2.47. The maximum absolute atomic E-state index is 12.8. The molecular weight excluding hydrogens is 392 g/mol. The van der Waals surface area contributed by atoms with E-state index < -0.39 is 10.0 Å². The lowest BCUT2D eigenvalue weighted by Gasteiger charge is -2.31. The van der Waals surface area contributed by atoms with Crippen molar-refractivity contribution in [3.8, 4) is 0 Å². The number of benzene rings is 1. The van der Waals surface area contributed by atoms with Crippen LogP contribution in [-0.2, 0) is 14.8 Å². The van der Waals surface area contributed by atoms with Crippen LogP contribution in [0.4, 0.5) is 0 Å². The van der Waals surface area contributed by atoms with E-state index in [2.05, 4.69) is 21.2 Å². The van der Waals surface area contributed by atoms with Crippen LogP contribution >= 0.6 is 15.9 Å². The van der Waals surface area contributed by atoms with Gasteiger partial charge >= 0.3 is 0 Å². The van der Waals surface area contributed by atoms with Gasteiger partial charge in [0.2, 0.25) is 15.9 Å². The summed E-state index contributed by atoms with van der Waals surface area (Å²) in [6.07, 6.45) is 5.88. The van der Waals surface area contributed by atoms with Gasteiger partial charge in [-0.2, -0.15) is 4.31 Å². The SMILES string of the molecule is O=C(NC1CCCC1)C1CCCN(S(=O)(=O)c2cccc(Br)c2)C1. The maximum atomic E-state index is 12.8. The zero-order chi connectivity index (χ0) is 17.2. The lowest BCUT2D eigenvalue weighted by molar-refractivity contribution is -0.126. The number of nitrogens with zero attached hydrogens (tertiary/aromatic N) is 1. The highest BCUT2D eigenvalue weighted by Gasteiger charge is 2.34. The number of piperidine rings is 1. The Morgan fingerprint density at radius 2 is 1.92 bits per heavy atom. The second kappa shape index (κ2) is 7.54. The van der Waals surface area contributed by atoms with E-state index in [4.69, 9.17) is 0 Å². The summed E-state index contributed by atoms with van der Waals surface area (Å²) in [6, 6.07) is 6.99. The molecular formula is C17H23BrN2O3S. The van der Waals surface area contributed by atoms with Crippen molar-refractivity contribution in [2.45, 2.75) is 49.5 Å². The molecule has 0 radical (unpaired) electrons. The molecule has 1 atom stereocenters. The van der Waals surface area contributed by atoms with E-state index in [1.807, 2.05) is 0 Å². The van der Waals surface area contributed by atoms with Gasteiger partial charge in [0.15, 0.2) is 0 Å². The molecule has 7 heteroatoms. The largest absolute Gasteiger partial charge is 0.353 e. The molecule has 1 amide bonds. The van der Waals surface area contributed by atoms with Crippen LogP contribution in [0.1, 0.15) is 38.5 Å². The van der Waals surface area contributed by atoms with Crippen LogP contribution in [0.5, 0.6) is 0 Å². The normalized spacial score (nSPS) is 23.3. The molecule has 1 aromatic carbocycles. The van der Waals surface area contributed by atoms with Gasteiger partial charge in [0.25, 0.3) is 0 Å². The van der Waals surface area contributed by atoms with E-state index in [9.17, 15) is 13.2 Å². The number of hydrogen-bond donors (Lipinski definition) is 1. The Hall–Kier alpha value is -0.920. The average Bonchev–Trinajstić information content (AvgIpc) is 3.08. The first-order valence-electron chi connectivity index (χ1n) is 8.53. The molecule has 132 valence electrons. The lowest BCUT2D eigenvalue weighted by atomic mass is 9.98. The van der Waals surface area contributed by atoms with Crippen LogP contribution in [0.15, 0.2) is 33.6 Å². The molecule has 1 heterocycles. The second-order valence-corrected chi connectivity index (χ2v) is 9.50. The molecule has 1 N–H and O–H groups in total. The number of halogens is 1. The third-order valence-electron chi connectivity index (χ3n) is 4.89. The zero-order valence-electron chi connectivity index (χ0n) is 13.6. The maximum Gasteiger partial charge on any atom is 0.243 e. The monoisotopic (exact) mass is 414 g/mol. The molecule has 5 nitrogen and oxygen atoms in total. The Bertz CT molecular complexity index is 702. The first kappa shape index (κ1) is 17.9. The number of carbonyl (C=O) groups excluding carboxylic acids is 1. The number of nitrogens with one attached hydrogen (secondary N) is 1. The molecule has 1 aliphatic heterocycles. The van der Waals surface area contributed by atoms with Gasteiger partial charge in [0, 0.05) is 23.6 Å². The van der Waals surface area contributed by atoms with Crippen molar-refractivity contribution >= 4 is 31.9 Å². The van der Waals surface area contributed by atoms with Crippen molar-refractivity contribution in [3.63, 3.8) is 0 Å². The Morgan fingerprint density at radius 3 is 2.62 bits per heavy atom. The molecule has 2 fully saturated rings. The summed E-state index contributed by atoms with van der Waals surface area (Å²) in [6.45, 7) is 0.745. The summed E-state index contributed by atoms with van der Waals surface area (Å²) in [5, 5.41) is 3.10. The van der Waals surface area contributed by atoms with Crippen molar-refractivity contribution in [2.75, 3.05) is 13.1 Å². The number of carbonyl (C=O) groups is 1. The standard InChI is InChI=1S/C17H23BrN2O3S/c18-14-6-3-9-16(11-14)24(22,23)20-10-4-5-13(12-20)17(21)19-15-7-1-2-8-15/h3,6,9,11,13,15H,1-2,4-5,7-8,10,12H2,(H,19,21). The van der Waals surface area contributed by atoms with Crippen LogP contribution in [0, 0.1) is 5.92 Å². The zero-order valence-corrected chi connectivity index (χ0v) is 16.0. The Kier molecular flexibility index (Phi) is 5.62. The van der Waals surface area contributed by atoms with Crippen molar-refractivity contribution < 1.29 is 13.2 Å². The molecule has 0 spiro atoms. The molecule has 1 saturated carbocycles. The van der Waals surface area contributed by atoms with Crippen LogP contribution in [0.3, 0.4) is 0 Å². The third kappa shape index (κ3) is 4.00. The minimum absolute atomic E-state index is 0.0102. The van der Waals surface area contributed by atoms with E-state index in [0.29, 0.717) is 6.54 Å². The molecule has 1 saturated heterocycles. The van der Waals surface area contributed by atoms with Crippen molar-refractivity contribution in [1.82, 2.24) is 9.62 Å². The fraction of sp³-hybridized carbons (Fsp3) is 0.588. The molecule has 1 aliphatic carbocycles. The highest BCUT2D eigenvalue weighted by Crippen LogP contribution is 2.26. The summed E-state index contributed by atoms with van der Waals surface area (Å²) in [7, 11) is -3.55. The third-order valence-corrected chi connectivity index (χ3v) is 7.24. The molecule has 24 heavy (non-hydrogen) atoms. The van der Waals surface area contributed by atoms with E-state index in [1.54, 1.807) is 24.3 Å². The molecule has 2 aliphatic rings. The molecule has 0 aromatic heterocycles. The van der Waals surface area contributed by atoms with Crippen LogP contribution in [0.25, 0.3) is 0 Å². The predicted octanol–water partition coefficient (Wildman–Crippen LogP) is 2.91. The van der Waals surface area contributed by atoms with E-state index in [0.717, 1.165) is 30.2 Å². The summed E-state index contributed by atoms with van der Waals surface area (Å²) >= 11 is 3.32. The van der Waals surface area contributed by atoms with Gasteiger partial charge in [-0.15, -0.1) is 0 Å². The van der Waals surface area contributed by atoms with Gasteiger partial charge in [-0.05, 0) is 43.9 Å². The molecule has 0 bridgehead atoms. The fourth-order valence-corrected chi connectivity index (χ4v) is 5.66. The fourth-order valence-electron chi connectivity index (χ4n) is 3.54. The predicted molar refractivity (Wildman–Crippen MR) is 96.0 cm³/mol. The van der Waals surface area contributed by atoms with Crippen LogP contribution in [0.2, 0.25) is 0 Å². The van der Waals surface area contributed by atoms with Gasteiger partial charge in [-0.25, -0.2) is 8.42 Å². The highest BCUT2D eigenvalue weighted by molar-refractivity contribution is 9.10. The van der Waals surface area contributed by atoms with E-state index >= 15 is 0 Å².